The Bertz CT molecular complexity index is 1210. The summed E-state index contributed by atoms with van der Waals surface area (Å²) in [4.78, 5) is 30.5. The van der Waals surface area contributed by atoms with Gasteiger partial charge in [0, 0.05) is 31.6 Å². The first kappa shape index (κ1) is 23.9. The lowest BCUT2D eigenvalue weighted by molar-refractivity contribution is -0.155. The number of carbonyl (C=O) groups is 2. The Kier molecular flexibility index (Phi) is 6.39. The second kappa shape index (κ2) is 9.64. The minimum atomic E-state index is -1.39. The number of rotatable bonds is 5. The molecule has 7 heteroatoms. The molecule has 186 valence electrons. The van der Waals surface area contributed by atoms with Crippen molar-refractivity contribution in [2.24, 2.45) is 0 Å². The number of hydrogen-bond acceptors (Lipinski definition) is 4. The second-order valence-corrected chi connectivity index (χ2v) is 9.65. The van der Waals surface area contributed by atoms with Crippen LogP contribution in [-0.2, 0) is 9.59 Å². The van der Waals surface area contributed by atoms with Crippen molar-refractivity contribution in [2.45, 2.75) is 37.3 Å². The van der Waals surface area contributed by atoms with Gasteiger partial charge in [-0.05, 0) is 36.6 Å². The van der Waals surface area contributed by atoms with Gasteiger partial charge in [0.1, 0.15) is 17.1 Å². The Morgan fingerprint density at radius 2 is 1.67 bits per heavy atom. The van der Waals surface area contributed by atoms with Crippen LogP contribution in [0.15, 0.2) is 78.9 Å². The Morgan fingerprint density at radius 3 is 2.28 bits per heavy atom. The summed E-state index contributed by atoms with van der Waals surface area (Å²) in [5, 5.41) is 10.3. The van der Waals surface area contributed by atoms with Gasteiger partial charge >= 0.3 is 5.97 Å². The van der Waals surface area contributed by atoms with Crippen LogP contribution in [0.4, 0.5) is 10.1 Å². The van der Waals surface area contributed by atoms with E-state index in [1.54, 1.807) is 13.0 Å². The predicted octanol–water partition coefficient (Wildman–Crippen LogP) is 4.69. The first-order chi connectivity index (χ1) is 17.4. The van der Waals surface area contributed by atoms with Crippen LogP contribution < -0.4 is 9.64 Å². The maximum atomic E-state index is 14.2. The van der Waals surface area contributed by atoms with Gasteiger partial charge < -0.3 is 19.6 Å². The number of likely N-dealkylation sites (tertiary alicyclic amines) is 1. The number of aliphatic carboxylic acids is 1. The molecule has 2 aliphatic heterocycles. The zero-order chi connectivity index (χ0) is 25.3. The lowest BCUT2D eigenvalue weighted by Gasteiger charge is -2.34. The van der Waals surface area contributed by atoms with Crippen molar-refractivity contribution in [1.29, 1.82) is 0 Å². The van der Waals surface area contributed by atoms with Gasteiger partial charge in [0.15, 0.2) is 0 Å². The van der Waals surface area contributed by atoms with E-state index in [-0.39, 0.29) is 30.7 Å². The Labute approximate surface area is 209 Å². The molecule has 0 radical (unpaired) electrons. The molecule has 1 N–H and O–H groups in total. The molecule has 1 saturated heterocycles. The summed E-state index contributed by atoms with van der Waals surface area (Å²) < 4.78 is 19.7. The second-order valence-electron chi connectivity index (χ2n) is 9.65. The third kappa shape index (κ3) is 4.30. The van der Waals surface area contributed by atoms with Crippen LogP contribution in [0.5, 0.6) is 5.75 Å². The van der Waals surface area contributed by atoms with Crippen LogP contribution in [-0.4, -0.2) is 53.2 Å². The summed E-state index contributed by atoms with van der Waals surface area (Å²) in [6.07, 6.45) is 0.961. The molecule has 0 unspecified atom stereocenters. The number of benzene rings is 3. The Balaban J connectivity index is 1.53. The highest BCUT2D eigenvalue weighted by molar-refractivity contribution is 5.93. The summed E-state index contributed by atoms with van der Waals surface area (Å²) in [5.74, 6) is -1.85. The third-order valence-corrected chi connectivity index (χ3v) is 7.33. The van der Waals surface area contributed by atoms with Gasteiger partial charge in [-0.2, -0.15) is 0 Å². The van der Waals surface area contributed by atoms with Crippen molar-refractivity contribution < 1.29 is 23.8 Å². The fourth-order valence-electron chi connectivity index (χ4n) is 5.47. The summed E-state index contributed by atoms with van der Waals surface area (Å²) in [6.45, 7) is 2.94. The molecule has 3 aromatic rings. The molecule has 36 heavy (non-hydrogen) atoms. The fourth-order valence-corrected chi connectivity index (χ4v) is 5.47. The van der Waals surface area contributed by atoms with Gasteiger partial charge in [-0.15, -0.1) is 0 Å². The normalized spacial score (nSPS) is 21.6. The number of ether oxygens (including phenoxy) is 1. The molecule has 6 nitrogen and oxygen atoms in total. The van der Waals surface area contributed by atoms with E-state index in [1.165, 1.54) is 17.0 Å². The molecule has 2 atom stereocenters. The molecular weight excluding hydrogens is 459 g/mol. The third-order valence-electron chi connectivity index (χ3n) is 7.33. The number of carboxylic acids is 1. The average Bonchev–Trinajstić information content (AvgIpc) is 3.11. The van der Waals surface area contributed by atoms with Gasteiger partial charge in [0.2, 0.25) is 5.91 Å². The number of anilines is 1. The molecule has 0 saturated carbocycles. The monoisotopic (exact) mass is 488 g/mol. The fraction of sp³-hybridized carbons (Fsp3) is 0.310. The number of carbonyl (C=O) groups excluding carboxylic acids is 1. The highest BCUT2D eigenvalue weighted by Gasteiger charge is 2.53. The van der Waals surface area contributed by atoms with E-state index < -0.39 is 17.4 Å². The number of carboxylic acid groups (broad SMARTS) is 1. The van der Waals surface area contributed by atoms with Crippen molar-refractivity contribution in [2.75, 3.05) is 24.6 Å². The zero-order valence-electron chi connectivity index (χ0n) is 20.1. The zero-order valence-corrected chi connectivity index (χ0v) is 20.1. The minimum Gasteiger partial charge on any atom is -0.491 e. The predicted molar refractivity (Wildman–Crippen MR) is 135 cm³/mol. The number of hydrogen-bond donors (Lipinski definition) is 1. The van der Waals surface area contributed by atoms with Crippen LogP contribution in [0.1, 0.15) is 36.8 Å². The Morgan fingerprint density at radius 1 is 1.03 bits per heavy atom. The van der Waals surface area contributed by atoms with E-state index in [0.29, 0.717) is 25.3 Å². The van der Waals surface area contributed by atoms with Gasteiger partial charge in [-0.25, -0.2) is 9.18 Å². The van der Waals surface area contributed by atoms with Gasteiger partial charge in [-0.3, -0.25) is 4.79 Å². The van der Waals surface area contributed by atoms with Crippen LogP contribution in [0.2, 0.25) is 0 Å². The molecule has 2 heterocycles. The first-order valence-electron chi connectivity index (χ1n) is 12.2. The summed E-state index contributed by atoms with van der Waals surface area (Å²) in [7, 11) is 0. The molecule has 1 fully saturated rings. The number of amides is 1. The van der Waals surface area contributed by atoms with Crippen molar-refractivity contribution in [3.8, 4) is 5.75 Å². The lowest BCUT2D eigenvalue weighted by atomic mass is 9.88. The molecule has 0 aromatic heterocycles. The first-order valence-corrected chi connectivity index (χ1v) is 12.2. The number of halogens is 1. The van der Waals surface area contributed by atoms with E-state index in [0.717, 1.165) is 16.8 Å². The van der Waals surface area contributed by atoms with E-state index in [4.69, 9.17) is 4.74 Å². The minimum absolute atomic E-state index is 0.245. The van der Waals surface area contributed by atoms with Crippen molar-refractivity contribution in [3.05, 3.63) is 95.8 Å². The van der Waals surface area contributed by atoms with E-state index in [9.17, 15) is 19.1 Å². The lowest BCUT2D eigenvalue weighted by Crippen LogP contribution is -2.52. The summed E-state index contributed by atoms with van der Waals surface area (Å²) in [6, 6.07) is 23.1. The van der Waals surface area contributed by atoms with Crippen molar-refractivity contribution in [1.82, 2.24) is 4.90 Å². The van der Waals surface area contributed by atoms with Crippen LogP contribution in [0.25, 0.3) is 0 Å². The van der Waals surface area contributed by atoms with E-state index in [2.05, 4.69) is 4.90 Å². The SMILES string of the molecule is C[C@@]1(C(=O)O)C[C@H](N2CCCOc3cc(F)ccc32)CN1C(=O)C(c1ccccc1)c1ccccc1. The summed E-state index contributed by atoms with van der Waals surface area (Å²) in [5.41, 5.74) is 0.961. The van der Waals surface area contributed by atoms with Gasteiger partial charge in [0.05, 0.1) is 18.2 Å². The highest BCUT2D eigenvalue weighted by atomic mass is 19.1. The topological polar surface area (TPSA) is 70.1 Å². The van der Waals surface area contributed by atoms with Crippen LogP contribution in [0, 0.1) is 5.82 Å². The maximum Gasteiger partial charge on any atom is 0.329 e. The molecule has 0 bridgehead atoms. The van der Waals surface area contributed by atoms with Crippen LogP contribution >= 0.6 is 0 Å². The average molecular weight is 489 g/mol. The van der Waals surface area contributed by atoms with E-state index in [1.807, 2.05) is 60.7 Å². The van der Waals surface area contributed by atoms with Crippen LogP contribution in [0.3, 0.4) is 0 Å². The van der Waals surface area contributed by atoms with E-state index >= 15 is 0 Å². The quantitative estimate of drug-likeness (QED) is 0.564. The van der Waals surface area contributed by atoms with Crippen molar-refractivity contribution >= 4 is 17.6 Å². The van der Waals surface area contributed by atoms with Crippen molar-refractivity contribution in [3.63, 3.8) is 0 Å². The molecule has 0 aliphatic carbocycles. The number of fused-ring (bicyclic) bond motifs is 1. The molecular formula is C29H29FN2O4. The molecule has 5 rings (SSSR count). The highest BCUT2D eigenvalue weighted by Crippen LogP contribution is 2.41. The molecule has 1 amide bonds. The molecule has 3 aromatic carbocycles. The smallest absolute Gasteiger partial charge is 0.329 e. The Hall–Kier alpha value is -3.87. The van der Waals surface area contributed by atoms with Gasteiger partial charge in [0.25, 0.3) is 0 Å². The molecule has 2 aliphatic rings. The number of nitrogens with zero attached hydrogens (tertiary/aromatic N) is 2. The maximum absolute atomic E-state index is 14.2. The summed E-state index contributed by atoms with van der Waals surface area (Å²) >= 11 is 0. The standard InChI is InChI=1S/C29H29FN2O4/c1-29(28(34)35)18-23(31-15-8-16-36-25-17-22(30)13-14-24(25)31)19-32(29)27(33)26(20-9-4-2-5-10-20)21-11-6-3-7-12-21/h2-7,9-14,17,23,26H,8,15-16,18-19H2,1H3,(H,34,35)/t23-,29-/m0/s1. The van der Waals surface area contributed by atoms with Gasteiger partial charge in [-0.1, -0.05) is 60.7 Å². The molecule has 0 spiro atoms. The largest absolute Gasteiger partial charge is 0.491 e.